The predicted octanol–water partition coefficient (Wildman–Crippen LogP) is 0.622. The van der Waals surface area contributed by atoms with Crippen LogP contribution in [0.15, 0.2) is 12.1 Å². The van der Waals surface area contributed by atoms with Gasteiger partial charge in [-0.15, -0.1) is 0 Å². The molecule has 1 heterocycles. The summed E-state index contributed by atoms with van der Waals surface area (Å²) in [5.74, 6) is 0. The Hall–Kier alpha value is -1.24. The lowest BCUT2D eigenvalue weighted by atomic mass is 10.3. The van der Waals surface area contributed by atoms with E-state index in [0.29, 0.717) is 0 Å². The van der Waals surface area contributed by atoms with Crippen molar-refractivity contribution in [3.63, 3.8) is 0 Å². The monoisotopic (exact) mass is 131 g/mol. The maximum atomic E-state index is 3.27. The van der Waals surface area contributed by atoms with Crippen molar-refractivity contribution in [2.24, 2.45) is 0 Å². The number of allylic oxidation sites excluding steroid dienone is 1. The van der Waals surface area contributed by atoms with Gasteiger partial charge in [0.2, 0.25) is 0 Å². The molecule has 0 fully saturated rings. The molecule has 1 nitrogen and oxygen atoms in total. The Labute approximate surface area is 59.4 Å². The van der Waals surface area contributed by atoms with Gasteiger partial charge in [0.05, 0.1) is 0 Å². The van der Waals surface area contributed by atoms with Gasteiger partial charge in [0, 0.05) is 10.7 Å². The van der Waals surface area contributed by atoms with Crippen molar-refractivity contribution in [3.05, 3.63) is 28.4 Å². The van der Waals surface area contributed by atoms with Crippen molar-refractivity contribution < 1.29 is 0 Å². The normalized spacial score (nSPS) is 15.5. The third-order valence-corrected chi connectivity index (χ3v) is 1.75. The molecule has 0 aliphatic heterocycles. The molecule has 0 aromatic carbocycles. The molecule has 1 aliphatic carbocycles. The summed E-state index contributed by atoms with van der Waals surface area (Å²) in [4.78, 5) is 3.27. The van der Waals surface area contributed by atoms with Crippen LogP contribution in [0.5, 0.6) is 0 Å². The Morgan fingerprint density at radius 2 is 2.40 bits per heavy atom. The molecule has 0 unspecified atom stereocenters. The molecule has 1 aromatic rings. The minimum atomic E-state index is 1.20. The maximum absolute atomic E-state index is 3.27. The van der Waals surface area contributed by atoms with E-state index in [-0.39, 0.29) is 0 Å². The number of rotatable bonds is 0. The molecule has 1 N–H and O–H groups in total. The molecular formula is C9H9N. The van der Waals surface area contributed by atoms with Gasteiger partial charge in [-0.3, -0.25) is 0 Å². The summed E-state index contributed by atoms with van der Waals surface area (Å²) >= 11 is 0. The fraction of sp³-hybridized carbons (Fsp3) is 0.111. The standard InChI is InChI=1S/C9H9N/c1-2-8-6-7-4-3-5-9(7)10-8/h2-6,10H,1H3. The van der Waals surface area contributed by atoms with Crippen LogP contribution in [0.2, 0.25) is 0 Å². The van der Waals surface area contributed by atoms with Gasteiger partial charge >= 0.3 is 0 Å². The molecule has 1 heteroatoms. The maximum Gasteiger partial charge on any atom is 0.0458 e. The lowest BCUT2D eigenvalue weighted by Gasteiger charge is -1.71. The molecule has 10 heavy (non-hydrogen) atoms. The van der Waals surface area contributed by atoms with Gasteiger partial charge in [-0.1, -0.05) is 18.2 Å². The molecule has 0 saturated carbocycles. The lowest BCUT2D eigenvalue weighted by Crippen LogP contribution is -2.07. The molecule has 0 radical (unpaired) electrons. The fourth-order valence-corrected chi connectivity index (χ4v) is 1.19. The van der Waals surface area contributed by atoms with Crippen molar-refractivity contribution in [2.75, 3.05) is 0 Å². The van der Waals surface area contributed by atoms with Gasteiger partial charge in [0.25, 0.3) is 0 Å². The molecule has 0 saturated heterocycles. The number of H-pyrrole nitrogens is 1. The van der Waals surface area contributed by atoms with E-state index in [9.17, 15) is 0 Å². The van der Waals surface area contributed by atoms with Crippen molar-refractivity contribution in [1.29, 1.82) is 0 Å². The van der Waals surface area contributed by atoms with Crippen LogP contribution in [-0.4, -0.2) is 4.98 Å². The summed E-state index contributed by atoms with van der Waals surface area (Å²) in [6.07, 6.45) is 8.32. The fourth-order valence-electron chi connectivity index (χ4n) is 1.19. The Kier molecular flexibility index (Phi) is 1.04. The zero-order valence-electron chi connectivity index (χ0n) is 5.89. The number of fused-ring (bicyclic) bond motifs is 1. The van der Waals surface area contributed by atoms with Gasteiger partial charge in [0.1, 0.15) is 0 Å². The molecular weight excluding hydrogens is 122 g/mol. The second-order valence-electron chi connectivity index (χ2n) is 2.41. The van der Waals surface area contributed by atoms with Gasteiger partial charge in [-0.2, -0.15) is 0 Å². The van der Waals surface area contributed by atoms with Crippen LogP contribution >= 0.6 is 0 Å². The highest BCUT2D eigenvalue weighted by molar-refractivity contribution is 5.65. The lowest BCUT2D eigenvalue weighted by molar-refractivity contribution is 1.27. The summed E-state index contributed by atoms with van der Waals surface area (Å²) in [5, 5.41) is 2.43. The SMILES string of the molecule is CC=c1cc2c([nH]1)=CC=C2. The van der Waals surface area contributed by atoms with Gasteiger partial charge in [0.15, 0.2) is 0 Å². The van der Waals surface area contributed by atoms with Crippen LogP contribution in [0.1, 0.15) is 12.5 Å². The van der Waals surface area contributed by atoms with Gasteiger partial charge in [-0.05, 0) is 24.6 Å². The van der Waals surface area contributed by atoms with E-state index in [1.807, 2.05) is 6.92 Å². The quantitative estimate of drug-likeness (QED) is 0.531. The summed E-state index contributed by atoms with van der Waals surface area (Å²) in [6.45, 7) is 2.03. The molecule has 0 atom stereocenters. The van der Waals surface area contributed by atoms with Crippen molar-refractivity contribution in [2.45, 2.75) is 6.92 Å². The van der Waals surface area contributed by atoms with Gasteiger partial charge in [-0.25, -0.2) is 0 Å². The molecule has 2 rings (SSSR count). The first-order valence-electron chi connectivity index (χ1n) is 3.44. The Morgan fingerprint density at radius 3 is 3.10 bits per heavy atom. The average molecular weight is 131 g/mol. The van der Waals surface area contributed by atoms with Gasteiger partial charge < -0.3 is 4.98 Å². The Balaban J connectivity index is 2.82. The average Bonchev–Trinajstić information content (AvgIpc) is 2.42. The highest BCUT2D eigenvalue weighted by atomic mass is 14.7. The Morgan fingerprint density at radius 1 is 1.50 bits per heavy atom. The molecule has 1 aromatic heterocycles. The largest absolute Gasteiger partial charge is 0.355 e. The summed E-state index contributed by atoms with van der Waals surface area (Å²) in [6, 6.07) is 2.15. The van der Waals surface area contributed by atoms with E-state index >= 15 is 0 Å². The molecule has 1 aliphatic rings. The summed E-state index contributed by atoms with van der Waals surface area (Å²) < 4.78 is 0. The van der Waals surface area contributed by atoms with Crippen molar-refractivity contribution in [3.8, 4) is 0 Å². The van der Waals surface area contributed by atoms with E-state index in [2.05, 4.69) is 35.4 Å². The van der Waals surface area contributed by atoms with E-state index < -0.39 is 0 Å². The minimum Gasteiger partial charge on any atom is -0.355 e. The zero-order valence-corrected chi connectivity index (χ0v) is 5.89. The van der Waals surface area contributed by atoms with E-state index in [1.165, 1.54) is 16.3 Å². The number of hydrogen-bond donors (Lipinski definition) is 1. The second kappa shape index (κ2) is 1.87. The number of nitrogens with one attached hydrogen (secondary N) is 1. The zero-order chi connectivity index (χ0) is 6.97. The highest BCUT2D eigenvalue weighted by Crippen LogP contribution is 1.96. The first-order valence-corrected chi connectivity index (χ1v) is 3.44. The molecule has 0 amide bonds. The summed E-state index contributed by atoms with van der Waals surface area (Å²) in [5.41, 5.74) is 1.30. The number of aromatic amines is 1. The van der Waals surface area contributed by atoms with Crippen LogP contribution in [0.25, 0.3) is 18.2 Å². The van der Waals surface area contributed by atoms with E-state index in [4.69, 9.17) is 0 Å². The van der Waals surface area contributed by atoms with Crippen LogP contribution in [0, 0.1) is 0 Å². The number of aromatic nitrogens is 1. The first kappa shape index (κ1) is 5.54. The van der Waals surface area contributed by atoms with Crippen LogP contribution in [0.3, 0.4) is 0 Å². The van der Waals surface area contributed by atoms with E-state index in [0.717, 1.165) is 0 Å². The third-order valence-electron chi connectivity index (χ3n) is 1.75. The van der Waals surface area contributed by atoms with E-state index in [1.54, 1.807) is 0 Å². The molecule has 50 valence electrons. The third kappa shape index (κ3) is 0.637. The second-order valence-corrected chi connectivity index (χ2v) is 2.41. The van der Waals surface area contributed by atoms with Crippen molar-refractivity contribution >= 4 is 18.2 Å². The molecule has 0 spiro atoms. The van der Waals surface area contributed by atoms with Crippen LogP contribution < -0.4 is 10.7 Å². The first-order chi connectivity index (χ1) is 4.90. The summed E-state index contributed by atoms with van der Waals surface area (Å²) in [7, 11) is 0. The minimum absolute atomic E-state index is 1.20. The van der Waals surface area contributed by atoms with Crippen LogP contribution in [-0.2, 0) is 0 Å². The smallest absolute Gasteiger partial charge is 0.0458 e. The van der Waals surface area contributed by atoms with Crippen LogP contribution in [0.4, 0.5) is 0 Å². The van der Waals surface area contributed by atoms with Crippen molar-refractivity contribution in [1.82, 2.24) is 4.98 Å². The topological polar surface area (TPSA) is 15.8 Å². The molecule has 0 bridgehead atoms. The Bertz CT molecular complexity index is 379. The number of hydrogen-bond acceptors (Lipinski definition) is 0. The predicted molar refractivity (Wildman–Crippen MR) is 43.7 cm³/mol. The highest BCUT2D eigenvalue weighted by Gasteiger charge is 1.95.